The first-order valence-corrected chi connectivity index (χ1v) is 11.4. The second-order valence-corrected chi connectivity index (χ2v) is 8.95. The Labute approximate surface area is 197 Å². The Kier molecular flexibility index (Phi) is 4.36. The van der Waals surface area contributed by atoms with Gasteiger partial charge >= 0.3 is 0 Å². The molecule has 0 fully saturated rings. The minimum Gasteiger partial charge on any atom is -0.309 e. The molecule has 0 aliphatic heterocycles. The highest BCUT2D eigenvalue weighted by molar-refractivity contribution is 6.28. The molecule has 6 rings (SSSR count). The van der Waals surface area contributed by atoms with Crippen LogP contribution in [-0.4, -0.2) is 15.0 Å². The predicted octanol–water partition coefficient (Wildman–Crippen LogP) is 8.06. The third kappa shape index (κ3) is 2.74. The van der Waals surface area contributed by atoms with Crippen LogP contribution < -0.4 is 0 Å². The Morgan fingerprint density at radius 3 is 2.29 bits per heavy atom. The standard InChI is InChI=1S/C31H24N2O/c1-5-21-11-13-22(14-12-21)32-26-9-7-6-8-24(26)29-28(32)17-15-23-25-18-20(4)10-16-27(25)33(30(23)29)31(34)19(2)3/h5-18H,1-2H2,3-4H3. The fourth-order valence-electron chi connectivity index (χ4n) is 5.11. The number of rotatable bonds is 3. The molecule has 0 bridgehead atoms. The van der Waals surface area contributed by atoms with E-state index in [4.69, 9.17) is 0 Å². The van der Waals surface area contributed by atoms with Crippen molar-refractivity contribution in [3.05, 3.63) is 109 Å². The molecule has 0 spiro atoms. The zero-order chi connectivity index (χ0) is 23.6. The molecule has 0 amide bonds. The van der Waals surface area contributed by atoms with E-state index < -0.39 is 0 Å². The van der Waals surface area contributed by atoms with Gasteiger partial charge in [0.05, 0.1) is 22.1 Å². The minimum absolute atomic E-state index is 0.0801. The van der Waals surface area contributed by atoms with Crippen molar-refractivity contribution in [1.29, 1.82) is 0 Å². The lowest BCUT2D eigenvalue weighted by molar-refractivity contribution is 0.0965. The normalized spacial score (nSPS) is 11.6. The second kappa shape index (κ2) is 7.32. The van der Waals surface area contributed by atoms with Crippen LogP contribution in [0.25, 0.3) is 55.4 Å². The summed E-state index contributed by atoms with van der Waals surface area (Å²) in [6.07, 6.45) is 1.85. The van der Waals surface area contributed by atoms with E-state index in [0.717, 1.165) is 54.9 Å². The minimum atomic E-state index is -0.0801. The molecule has 0 radical (unpaired) electrons. The molecule has 34 heavy (non-hydrogen) atoms. The molecule has 164 valence electrons. The average Bonchev–Trinajstić information content (AvgIpc) is 3.36. The molecule has 3 heteroatoms. The molecule has 6 aromatic rings. The topological polar surface area (TPSA) is 26.9 Å². The number of hydrogen-bond donors (Lipinski definition) is 0. The Bertz CT molecular complexity index is 1810. The van der Waals surface area contributed by atoms with Crippen molar-refractivity contribution >= 4 is 55.6 Å². The van der Waals surface area contributed by atoms with E-state index in [2.05, 4.69) is 97.4 Å². The summed E-state index contributed by atoms with van der Waals surface area (Å²) in [7, 11) is 0. The molecule has 2 aromatic heterocycles. The third-order valence-electron chi connectivity index (χ3n) is 6.67. The van der Waals surface area contributed by atoms with Crippen LogP contribution in [0.1, 0.15) is 22.8 Å². The van der Waals surface area contributed by atoms with Gasteiger partial charge in [0.2, 0.25) is 0 Å². The van der Waals surface area contributed by atoms with Gasteiger partial charge in [0, 0.05) is 32.8 Å². The molecule has 0 unspecified atom stereocenters. The highest BCUT2D eigenvalue weighted by Crippen LogP contribution is 2.41. The second-order valence-electron chi connectivity index (χ2n) is 8.95. The molecule has 0 saturated carbocycles. The van der Waals surface area contributed by atoms with Crippen LogP contribution in [0.4, 0.5) is 0 Å². The maximum Gasteiger partial charge on any atom is 0.257 e. The molecule has 0 saturated heterocycles. The van der Waals surface area contributed by atoms with Gasteiger partial charge in [-0.3, -0.25) is 9.36 Å². The lowest BCUT2D eigenvalue weighted by Crippen LogP contribution is -2.10. The highest BCUT2D eigenvalue weighted by atomic mass is 16.2. The third-order valence-corrected chi connectivity index (χ3v) is 6.67. The van der Waals surface area contributed by atoms with E-state index >= 15 is 0 Å². The van der Waals surface area contributed by atoms with Crippen LogP contribution >= 0.6 is 0 Å². The highest BCUT2D eigenvalue weighted by Gasteiger charge is 2.22. The lowest BCUT2D eigenvalue weighted by atomic mass is 10.1. The summed E-state index contributed by atoms with van der Waals surface area (Å²) in [6.45, 7) is 11.7. The van der Waals surface area contributed by atoms with Crippen LogP contribution in [-0.2, 0) is 0 Å². The smallest absolute Gasteiger partial charge is 0.257 e. The number of aromatic nitrogens is 2. The maximum atomic E-state index is 13.5. The van der Waals surface area contributed by atoms with Crippen LogP contribution in [0.15, 0.2) is 97.6 Å². The molecule has 0 aliphatic rings. The summed E-state index contributed by atoms with van der Waals surface area (Å²) in [4.78, 5) is 13.5. The first kappa shape index (κ1) is 20.3. The van der Waals surface area contributed by atoms with Gasteiger partial charge < -0.3 is 4.57 Å². The van der Waals surface area contributed by atoms with Crippen molar-refractivity contribution < 1.29 is 4.79 Å². The molecule has 0 atom stereocenters. The largest absolute Gasteiger partial charge is 0.309 e. The fraction of sp³-hybridized carbons (Fsp3) is 0.0645. The Morgan fingerprint density at radius 2 is 1.56 bits per heavy atom. The molecular weight excluding hydrogens is 416 g/mol. The van der Waals surface area contributed by atoms with Crippen LogP contribution in [0.5, 0.6) is 0 Å². The molecule has 2 heterocycles. The van der Waals surface area contributed by atoms with Gasteiger partial charge in [-0.1, -0.05) is 67.3 Å². The van der Waals surface area contributed by atoms with Gasteiger partial charge in [-0.15, -0.1) is 0 Å². The number of aryl methyl sites for hydroxylation is 1. The van der Waals surface area contributed by atoms with Crippen molar-refractivity contribution in [1.82, 2.24) is 9.13 Å². The Balaban J connectivity index is 1.86. The number of benzene rings is 4. The predicted molar refractivity (Wildman–Crippen MR) is 144 cm³/mol. The number of para-hydroxylation sites is 1. The molecule has 4 aromatic carbocycles. The zero-order valence-electron chi connectivity index (χ0n) is 19.3. The number of carbonyl (C=O) groups is 1. The number of allylic oxidation sites excluding steroid dienone is 1. The molecule has 0 N–H and O–H groups in total. The van der Waals surface area contributed by atoms with E-state index in [9.17, 15) is 4.79 Å². The van der Waals surface area contributed by atoms with Crippen molar-refractivity contribution in [2.24, 2.45) is 0 Å². The fourth-order valence-corrected chi connectivity index (χ4v) is 5.11. The summed E-state index contributed by atoms with van der Waals surface area (Å²) >= 11 is 0. The van der Waals surface area contributed by atoms with E-state index in [-0.39, 0.29) is 5.91 Å². The summed E-state index contributed by atoms with van der Waals surface area (Å²) in [6, 6.07) is 27.4. The summed E-state index contributed by atoms with van der Waals surface area (Å²) in [5.41, 5.74) is 7.84. The SMILES string of the molecule is C=Cc1ccc(-n2c3ccccc3c3c4c(ccc32)c2cc(C)ccc2n4C(=O)C(=C)C)cc1. The van der Waals surface area contributed by atoms with Gasteiger partial charge in [0.15, 0.2) is 0 Å². The molecule has 3 nitrogen and oxygen atoms in total. The monoisotopic (exact) mass is 440 g/mol. The van der Waals surface area contributed by atoms with E-state index in [0.29, 0.717) is 5.57 Å². The van der Waals surface area contributed by atoms with E-state index in [1.54, 1.807) is 6.92 Å². The summed E-state index contributed by atoms with van der Waals surface area (Å²) in [5, 5.41) is 4.35. The molecular formula is C31H24N2O. The van der Waals surface area contributed by atoms with E-state index in [1.807, 2.05) is 16.7 Å². The zero-order valence-corrected chi connectivity index (χ0v) is 19.3. The quantitative estimate of drug-likeness (QED) is 0.256. The number of hydrogen-bond acceptors (Lipinski definition) is 1. The maximum absolute atomic E-state index is 13.5. The first-order chi connectivity index (χ1) is 16.5. The number of nitrogens with zero attached hydrogens (tertiary/aromatic N) is 2. The van der Waals surface area contributed by atoms with Crippen molar-refractivity contribution in [2.75, 3.05) is 0 Å². The number of fused-ring (bicyclic) bond motifs is 7. The van der Waals surface area contributed by atoms with Crippen LogP contribution in [0, 0.1) is 6.92 Å². The lowest BCUT2D eigenvalue weighted by Gasteiger charge is -2.09. The first-order valence-electron chi connectivity index (χ1n) is 11.4. The van der Waals surface area contributed by atoms with Gasteiger partial charge in [-0.2, -0.15) is 0 Å². The molecule has 0 aliphatic carbocycles. The van der Waals surface area contributed by atoms with Crippen molar-refractivity contribution in [2.45, 2.75) is 13.8 Å². The van der Waals surface area contributed by atoms with E-state index in [1.165, 1.54) is 5.56 Å². The summed E-state index contributed by atoms with van der Waals surface area (Å²) < 4.78 is 4.13. The Morgan fingerprint density at radius 1 is 0.824 bits per heavy atom. The Hall–Kier alpha value is -4.37. The van der Waals surface area contributed by atoms with Gasteiger partial charge in [0.25, 0.3) is 5.91 Å². The summed E-state index contributed by atoms with van der Waals surface area (Å²) in [5.74, 6) is -0.0801. The van der Waals surface area contributed by atoms with Gasteiger partial charge in [-0.25, -0.2) is 0 Å². The van der Waals surface area contributed by atoms with Gasteiger partial charge in [0.1, 0.15) is 0 Å². The van der Waals surface area contributed by atoms with Crippen molar-refractivity contribution in [3.8, 4) is 5.69 Å². The van der Waals surface area contributed by atoms with Crippen LogP contribution in [0.3, 0.4) is 0 Å². The van der Waals surface area contributed by atoms with Gasteiger partial charge in [-0.05, 0) is 55.8 Å². The number of carbonyl (C=O) groups excluding carboxylic acids is 1. The van der Waals surface area contributed by atoms with Crippen LogP contribution in [0.2, 0.25) is 0 Å². The average molecular weight is 441 g/mol. The van der Waals surface area contributed by atoms with Crippen molar-refractivity contribution in [3.63, 3.8) is 0 Å².